The lowest BCUT2D eigenvalue weighted by Crippen LogP contribution is -2.13. The molecule has 96 valence electrons. The SMILES string of the molecule is CC1=C(CC(C)C)C(=O)C2=Cc3ccccc3C2=C1. The van der Waals surface area contributed by atoms with Crippen molar-refractivity contribution in [2.24, 2.45) is 5.92 Å². The van der Waals surface area contributed by atoms with Gasteiger partial charge in [-0.3, -0.25) is 4.79 Å². The van der Waals surface area contributed by atoms with E-state index in [9.17, 15) is 4.79 Å². The van der Waals surface area contributed by atoms with Gasteiger partial charge in [-0.15, -0.1) is 0 Å². The lowest BCUT2D eigenvalue weighted by Gasteiger charge is -2.19. The van der Waals surface area contributed by atoms with E-state index in [1.165, 1.54) is 5.56 Å². The first-order valence-electron chi connectivity index (χ1n) is 6.85. The van der Waals surface area contributed by atoms with Crippen LogP contribution >= 0.6 is 0 Å². The molecular weight excluding hydrogens is 232 g/mol. The van der Waals surface area contributed by atoms with Gasteiger partial charge in [0.15, 0.2) is 5.78 Å². The van der Waals surface area contributed by atoms with E-state index in [4.69, 9.17) is 0 Å². The van der Waals surface area contributed by atoms with Gasteiger partial charge < -0.3 is 0 Å². The first kappa shape index (κ1) is 12.2. The Kier molecular flexibility index (Phi) is 2.78. The number of rotatable bonds is 2. The topological polar surface area (TPSA) is 17.1 Å². The molecule has 19 heavy (non-hydrogen) atoms. The molecular formula is C18H18O. The van der Waals surface area contributed by atoms with Crippen LogP contribution in [0.15, 0.2) is 47.1 Å². The second kappa shape index (κ2) is 4.34. The molecule has 0 aromatic heterocycles. The number of hydrogen-bond donors (Lipinski definition) is 0. The second-order valence-corrected chi connectivity index (χ2v) is 5.79. The Balaban J connectivity index is 2.11. The smallest absolute Gasteiger partial charge is 0.189 e. The maximum Gasteiger partial charge on any atom is 0.189 e. The fourth-order valence-corrected chi connectivity index (χ4v) is 2.90. The number of Topliss-reactive ketones (excluding diaryl/α,β-unsaturated/α-hetero) is 1. The number of fused-ring (bicyclic) bond motifs is 3. The van der Waals surface area contributed by atoms with Gasteiger partial charge in [0, 0.05) is 11.1 Å². The number of carbonyl (C=O) groups excluding carboxylic acids is 1. The predicted molar refractivity (Wildman–Crippen MR) is 79.6 cm³/mol. The molecule has 0 bridgehead atoms. The van der Waals surface area contributed by atoms with Crippen molar-refractivity contribution in [1.82, 2.24) is 0 Å². The average Bonchev–Trinajstić information content (AvgIpc) is 2.73. The van der Waals surface area contributed by atoms with Crippen LogP contribution in [0.25, 0.3) is 11.6 Å². The quantitative estimate of drug-likeness (QED) is 0.759. The van der Waals surface area contributed by atoms with Crippen LogP contribution < -0.4 is 0 Å². The van der Waals surface area contributed by atoms with Crippen molar-refractivity contribution >= 4 is 17.4 Å². The summed E-state index contributed by atoms with van der Waals surface area (Å²) in [6.45, 7) is 6.37. The van der Waals surface area contributed by atoms with Crippen molar-refractivity contribution in [2.45, 2.75) is 27.2 Å². The Labute approximate surface area is 114 Å². The standard InChI is InChI=1S/C18H18O/c1-11(2)8-15-12(3)9-16-14-7-5-4-6-13(14)10-17(16)18(15)19/h4-7,9-11H,8H2,1-3H3. The van der Waals surface area contributed by atoms with E-state index >= 15 is 0 Å². The van der Waals surface area contributed by atoms with E-state index < -0.39 is 0 Å². The Morgan fingerprint density at radius 1 is 1.05 bits per heavy atom. The summed E-state index contributed by atoms with van der Waals surface area (Å²) in [6.07, 6.45) is 5.08. The molecule has 0 amide bonds. The van der Waals surface area contributed by atoms with Gasteiger partial charge in [0.1, 0.15) is 0 Å². The number of hydrogen-bond acceptors (Lipinski definition) is 1. The molecule has 1 aromatic carbocycles. The van der Waals surface area contributed by atoms with E-state index in [-0.39, 0.29) is 5.78 Å². The zero-order chi connectivity index (χ0) is 13.6. The highest BCUT2D eigenvalue weighted by Crippen LogP contribution is 2.41. The normalized spacial score (nSPS) is 17.4. The highest BCUT2D eigenvalue weighted by molar-refractivity contribution is 6.26. The first-order chi connectivity index (χ1) is 9.08. The minimum Gasteiger partial charge on any atom is -0.289 e. The zero-order valence-electron chi connectivity index (χ0n) is 11.7. The third kappa shape index (κ3) is 1.90. The van der Waals surface area contributed by atoms with Crippen molar-refractivity contribution < 1.29 is 4.79 Å². The van der Waals surface area contributed by atoms with E-state index in [2.05, 4.69) is 39.0 Å². The molecule has 0 saturated heterocycles. The number of carbonyl (C=O) groups is 1. The molecule has 0 N–H and O–H groups in total. The zero-order valence-corrected chi connectivity index (χ0v) is 11.7. The highest BCUT2D eigenvalue weighted by Gasteiger charge is 2.30. The minimum absolute atomic E-state index is 0.222. The van der Waals surface area contributed by atoms with Crippen molar-refractivity contribution in [3.8, 4) is 0 Å². The molecule has 1 aromatic rings. The van der Waals surface area contributed by atoms with E-state index in [1.807, 2.05) is 18.2 Å². The second-order valence-electron chi connectivity index (χ2n) is 5.79. The summed E-state index contributed by atoms with van der Waals surface area (Å²) in [5, 5.41) is 0. The molecule has 0 heterocycles. The fraction of sp³-hybridized carbons (Fsp3) is 0.278. The molecule has 2 aliphatic rings. The van der Waals surface area contributed by atoms with Crippen LogP contribution in [-0.2, 0) is 4.79 Å². The monoisotopic (exact) mass is 250 g/mol. The van der Waals surface area contributed by atoms with Crippen molar-refractivity contribution in [3.05, 3.63) is 58.2 Å². The van der Waals surface area contributed by atoms with Crippen LogP contribution in [-0.4, -0.2) is 5.78 Å². The third-order valence-corrected chi connectivity index (χ3v) is 3.81. The van der Waals surface area contributed by atoms with Crippen molar-refractivity contribution in [3.63, 3.8) is 0 Å². The molecule has 0 saturated carbocycles. The van der Waals surface area contributed by atoms with Gasteiger partial charge in [0.2, 0.25) is 0 Å². The summed E-state index contributed by atoms with van der Waals surface area (Å²) >= 11 is 0. The summed E-state index contributed by atoms with van der Waals surface area (Å²) in [5.41, 5.74) is 6.44. The summed E-state index contributed by atoms with van der Waals surface area (Å²) in [6, 6.07) is 8.22. The van der Waals surface area contributed by atoms with E-state index in [0.717, 1.165) is 34.3 Å². The Bertz CT molecular complexity index is 654. The first-order valence-corrected chi connectivity index (χ1v) is 6.85. The van der Waals surface area contributed by atoms with Crippen LogP contribution in [0.4, 0.5) is 0 Å². The summed E-state index contributed by atoms with van der Waals surface area (Å²) in [5.74, 6) is 0.730. The van der Waals surface area contributed by atoms with Crippen LogP contribution in [0.3, 0.4) is 0 Å². The summed E-state index contributed by atoms with van der Waals surface area (Å²) in [4.78, 5) is 12.7. The molecule has 1 nitrogen and oxygen atoms in total. The van der Waals surface area contributed by atoms with Crippen molar-refractivity contribution in [2.75, 3.05) is 0 Å². The number of benzene rings is 1. The number of allylic oxidation sites excluding steroid dienone is 5. The van der Waals surface area contributed by atoms with Crippen LogP contribution in [0.2, 0.25) is 0 Å². The van der Waals surface area contributed by atoms with Crippen LogP contribution in [0, 0.1) is 5.92 Å². The minimum atomic E-state index is 0.222. The molecule has 0 radical (unpaired) electrons. The van der Waals surface area contributed by atoms with Crippen molar-refractivity contribution in [1.29, 1.82) is 0 Å². The van der Waals surface area contributed by atoms with Gasteiger partial charge in [-0.1, -0.05) is 44.2 Å². The Hall–Kier alpha value is -1.89. The molecule has 0 fully saturated rings. The lowest BCUT2D eigenvalue weighted by atomic mass is 9.84. The third-order valence-electron chi connectivity index (χ3n) is 3.81. The lowest BCUT2D eigenvalue weighted by molar-refractivity contribution is -0.112. The van der Waals surface area contributed by atoms with Gasteiger partial charge in [-0.05, 0) is 47.6 Å². The van der Waals surface area contributed by atoms with Gasteiger partial charge in [0.05, 0.1) is 0 Å². The number of ketones is 1. The Morgan fingerprint density at radius 2 is 1.79 bits per heavy atom. The largest absolute Gasteiger partial charge is 0.289 e. The van der Waals surface area contributed by atoms with Gasteiger partial charge in [0.25, 0.3) is 0 Å². The maximum absolute atomic E-state index is 12.7. The van der Waals surface area contributed by atoms with E-state index in [1.54, 1.807) is 0 Å². The van der Waals surface area contributed by atoms with Gasteiger partial charge >= 0.3 is 0 Å². The van der Waals surface area contributed by atoms with Crippen LogP contribution in [0.5, 0.6) is 0 Å². The molecule has 3 rings (SSSR count). The van der Waals surface area contributed by atoms with Gasteiger partial charge in [-0.25, -0.2) is 0 Å². The fourth-order valence-electron chi connectivity index (χ4n) is 2.90. The Morgan fingerprint density at radius 3 is 2.53 bits per heavy atom. The highest BCUT2D eigenvalue weighted by atomic mass is 16.1. The molecule has 0 spiro atoms. The predicted octanol–water partition coefficient (Wildman–Crippen LogP) is 4.41. The van der Waals surface area contributed by atoms with Gasteiger partial charge in [-0.2, -0.15) is 0 Å². The average molecular weight is 250 g/mol. The molecule has 0 aliphatic heterocycles. The molecule has 0 atom stereocenters. The molecule has 2 aliphatic carbocycles. The summed E-state index contributed by atoms with van der Waals surface area (Å²) < 4.78 is 0. The summed E-state index contributed by atoms with van der Waals surface area (Å²) in [7, 11) is 0. The van der Waals surface area contributed by atoms with E-state index in [0.29, 0.717) is 5.92 Å². The molecule has 0 unspecified atom stereocenters. The maximum atomic E-state index is 12.7. The van der Waals surface area contributed by atoms with Crippen LogP contribution in [0.1, 0.15) is 38.3 Å². The molecule has 1 heteroatoms.